The Morgan fingerprint density at radius 1 is 0.846 bits per heavy atom. The number of aromatic nitrogens is 1. The van der Waals surface area contributed by atoms with Crippen LogP contribution in [0.5, 0.6) is 0 Å². The molecule has 0 saturated carbocycles. The fourth-order valence-electron chi connectivity index (χ4n) is 3.24. The molecule has 26 heavy (non-hydrogen) atoms. The zero-order valence-corrected chi connectivity index (χ0v) is 16.7. The van der Waals surface area contributed by atoms with Crippen LogP contribution in [0.2, 0.25) is 0 Å². The first-order valence-electron chi connectivity index (χ1n) is 9.14. The maximum absolute atomic E-state index is 4.95. The summed E-state index contributed by atoms with van der Waals surface area (Å²) in [6, 6.07) is 21.1. The molecule has 4 heteroatoms. The van der Waals surface area contributed by atoms with E-state index in [0.29, 0.717) is 0 Å². The molecule has 0 spiro atoms. The standard InChI is InChI=1S/C22H27N3.ClH/c1-4-24(5-2)15-16-25(19-11-7-6-8-12-19)22-17-18(3)20-13-9-10-14-21(20)23-22;/h6-14,17H,4-5,15-16H2,1-3H3;1H. The minimum Gasteiger partial charge on any atom is -0.325 e. The van der Waals surface area contributed by atoms with Crippen LogP contribution in [0, 0.1) is 6.92 Å². The third kappa shape index (κ3) is 4.54. The molecule has 3 rings (SSSR count). The molecular formula is C22H28ClN3. The highest BCUT2D eigenvalue weighted by atomic mass is 35.5. The van der Waals surface area contributed by atoms with Crippen molar-refractivity contribution in [3.63, 3.8) is 0 Å². The number of pyridine rings is 1. The van der Waals surface area contributed by atoms with Gasteiger partial charge in [0.1, 0.15) is 5.82 Å². The fourth-order valence-corrected chi connectivity index (χ4v) is 3.24. The van der Waals surface area contributed by atoms with Crippen LogP contribution in [0.3, 0.4) is 0 Å². The van der Waals surface area contributed by atoms with Gasteiger partial charge in [0.15, 0.2) is 0 Å². The van der Waals surface area contributed by atoms with E-state index in [4.69, 9.17) is 4.98 Å². The molecule has 138 valence electrons. The lowest BCUT2D eigenvalue weighted by atomic mass is 10.1. The number of halogens is 1. The molecule has 0 saturated heterocycles. The van der Waals surface area contributed by atoms with E-state index in [1.165, 1.54) is 16.6 Å². The summed E-state index contributed by atoms with van der Waals surface area (Å²) >= 11 is 0. The lowest BCUT2D eigenvalue weighted by Gasteiger charge is -2.28. The van der Waals surface area contributed by atoms with Crippen LogP contribution in [0.25, 0.3) is 10.9 Å². The molecule has 0 aliphatic heterocycles. The van der Waals surface area contributed by atoms with Crippen molar-refractivity contribution in [3.8, 4) is 0 Å². The average molecular weight is 370 g/mol. The van der Waals surface area contributed by atoms with Crippen molar-refractivity contribution in [2.75, 3.05) is 31.1 Å². The summed E-state index contributed by atoms with van der Waals surface area (Å²) in [5.41, 5.74) is 3.52. The number of hydrogen-bond donors (Lipinski definition) is 0. The summed E-state index contributed by atoms with van der Waals surface area (Å²) in [6.07, 6.45) is 0. The molecule has 0 radical (unpaired) electrons. The molecule has 3 nitrogen and oxygen atoms in total. The number of rotatable bonds is 7. The molecule has 3 aromatic rings. The zero-order chi connectivity index (χ0) is 17.6. The lowest BCUT2D eigenvalue weighted by Crippen LogP contribution is -2.33. The molecule has 1 aromatic heterocycles. The molecule has 1 heterocycles. The van der Waals surface area contributed by atoms with Crippen molar-refractivity contribution >= 4 is 34.8 Å². The molecule has 2 aromatic carbocycles. The first-order chi connectivity index (χ1) is 12.2. The van der Waals surface area contributed by atoms with Crippen LogP contribution >= 0.6 is 12.4 Å². The molecule has 0 bridgehead atoms. The van der Waals surface area contributed by atoms with Gasteiger partial charge in [0.05, 0.1) is 5.52 Å². The van der Waals surface area contributed by atoms with Crippen molar-refractivity contribution in [3.05, 3.63) is 66.2 Å². The number of likely N-dealkylation sites (N-methyl/N-ethyl adjacent to an activating group) is 1. The van der Waals surface area contributed by atoms with E-state index in [1.54, 1.807) is 0 Å². The van der Waals surface area contributed by atoms with E-state index in [0.717, 1.165) is 37.5 Å². The molecule has 0 aliphatic rings. The maximum atomic E-state index is 4.95. The third-order valence-electron chi connectivity index (χ3n) is 4.79. The minimum atomic E-state index is 0. The monoisotopic (exact) mass is 369 g/mol. The molecule has 0 atom stereocenters. The normalized spacial score (nSPS) is 10.8. The van der Waals surface area contributed by atoms with Gasteiger partial charge >= 0.3 is 0 Å². The van der Waals surface area contributed by atoms with Gasteiger partial charge in [-0.3, -0.25) is 0 Å². The highest BCUT2D eigenvalue weighted by molar-refractivity contribution is 5.85. The highest BCUT2D eigenvalue weighted by Crippen LogP contribution is 2.27. The summed E-state index contributed by atoms with van der Waals surface area (Å²) in [4.78, 5) is 9.73. The summed E-state index contributed by atoms with van der Waals surface area (Å²) in [6.45, 7) is 10.7. The van der Waals surface area contributed by atoms with Gasteiger partial charge < -0.3 is 9.80 Å². The van der Waals surface area contributed by atoms with Gasteiger partial charge in [-0.25, -0.2) is 4.98 Å². The van der Waals surface area contributed by atoms with Crippen LogP contribution in [-0.4, -0.2) is 36.1 Å². The predicted molar refractivity (Wildman–Crippen MR) is 115 cm³/mol. The van der Waals surface area contributed by atoms with Crippen LogP contribution in [-0.2, 0) is 0 Å². The number of benzene rings is 2. The van der Waals surface area contributed by atoms with Crippen molar-refractivity contribution < 1.29 is 0 Å². The third-order valence-corrected chi connectivity index (χ3v) is 4.79. The Hall–Kier alpha value is -2.10. The van der Waals surface area contributed by atoms with Gasteiger partial charge in [-0.2, -0.15) is 0 Å². The number of nitrogens with zero attached hydrogens (tertiary/aromatic N) is 3. The maximum Gasteiger partial charge on any atom is 0.133 e. The predicted octanol–water partition coefficient (Wildman–Crippen LogP) is 5.44. The second-order valence-corrected chi connectivity index (χ2v) is 6.33. The van der Waals surface area contributed by atoms with Crippen LogP contribution < -0.4 is 4.90 Å². The fraction of sp³-hybridized carbons (Fsp3) is 0.318. The van der Waals surface area contributed by atoms with Gasteiger partial charge in [-0.15, -0.1) is 12.4 Å². The number of aryl methyl sites for hydroxylation is 1. The summed E-state index contributed by atoms with van der Waals surface area (Å²) in [5, 5.41) is 1.23. The first-order valence-corrected chi connectivity index (χ1v) is 9.14. The molecule has 0 fully saturated rings. The molecule has 0 N–H and O–H groups in total. The molecule has 0 unspecified atom stereocenters. The molecular weight excluding hydrogens is 342 g/mol. The Morgan fingerprint density at radius 2 is 1.50 bits per heavy atom. The van der Waals surface area contributed by atoms with Gasteiger partial charge in [-0.1, -0.05) is 50.2 Å². The number of para-hydroxylation sites is 2. The Bertz CT molecular complexity index is 816. The van der Waals surface area contributed by atoms with Gasteiger partial charge in [0.2, 0.25) is 0 Å². The minimum absolute atomic E-state index is 0. The summed E-state index contributed by atoms with van der Waals surface area (Å²) in [5.74, 6) is 1.02. The van der Waals surface area contributed by atoms with Crippen molar-refractivity contribution in [1.29, 1.82) is 0 Å². The Kier molecular flexibility index (Phi) is 7.43. The Labute approximate surface area is 163 Å². The lowest BCUT2D eigenvalue weighted by molar-refractivity contribution is 0.312. The first kappa shape index (κ1) is 20.2. The second-order valence-electron chi connectivity index (χ2n) is 6.33. The largest absolute Gasteiger partial charge is 0.325 e. The van der Waals surface area contributed by atoms with Crippen LogP contribution in [0.1, 0.15) is 19.4 Å². The van der Waals surface area contributed by atoms with Crippen molar-refractivity contribution in [1.82, 2.24) is 9.88 Å². The number of anilines is 2. The van der Waals surface area contributed by atoms with E-state index in [-0.39, 0.29) is 12.4 Å². The second kappa shape index (κ2) is 9.56. The van der Waals surface area contributed by atoms with Crippen molar-refractivity contribution in [2.24, 2.45) is 0 Å². The summed E-state index contributed by atoms with van der Waals surface area (Å²) < 4.78 is 0. The van der Waals surface area contributed by atoms with E-state index < -0.39 is 0 Å². The van der Waals surface area contributed by atoms with E-state index in [1.807, 2.05) is 0 Å². The van der Waals surface area contributed by atoms with E-state index in [2.05, 4.69) is 91.2 Å². The van der Waals surface area contributed by atoms with Crippen LogP contribution in [0.15, 0.2) is 60.7 Å². The van der Waals surface area contributed by atoms with Gasteiger partial charge in [-0.05, 0) is 49.8 Å². The van der Waals surface area contributed by atoms with Gasteiger partial charge in [0, 0.05) is 24.2 Å². The quantitative estimate of drug-likeness (QED) is 0.552. The zero-order valence-electron chi connectivity index (χ0n) is 15.9. The van der Waals surface area contributed by atoms with Crippen LogP contribution in [0.4, 0.5) is 11.5 Å². The van der Waals surface area contributed by atoms with Crippen molar-refractivity contribution in [2.45, 2.75) is 20.8 Å². The van der Waals surface area contributed by atoms with Gasteiger partial charge in [0.25, 0.3) is 0 Å². The Morgan fingerprint density at radius 3 is 2.19 bits per heavy atom. The summed E-state index contributed by atoms with van der Waals surface area (Å²) in [7, 11) is 0. The number of hydrogen-bond acceptors (Lipinski definition) is 3. The smallest absolute Gasteiger partial charge is 0.133 e. The number of fused-ring (bicyclic) bond motifs is 1. The van der Waals surface area contributed by atoms with E-state index in [9.17, 15) is 0 Å². The van der Waals surface area contributed by atoms with E-state index >= 15 is 0 Å². The molecule has 0 aliphatic carbocycles. The molecule has 0 amide bonds. The average Bonchev–Trinajstić information content (AvgIpc) is 2.66. The SMILES string of the molecule is CCN(CC)CCN(c1ccccc1)c1cc(C)c2ccccc2n1.Cl. The highest BCUT2D eigenvalue weighted by Gasteiger charge is 2.13. The topological polar surface area (TPSA) is 19.4 Å². The Balaban J connectivity index is 0.00000243.